The molecule has 0 radical (unpaired) electrons. The minimum atomic E-state index is -0.690. The van der Waals surface area contributed by atoms with Gasteiger partial charge in [0.1, 0.15) is 6.07 Å². The topological polar surface area (TPSA) is 73.0 Å². The zero-order chi connectivity index (χ0) is 10.9. The number of β-amino-alcohol motifs (C(OH)–C–C–N with tert-alkyl or cyclic N) is 1. The summed E-state index contributed by atoms with van der Waals surface area (Å²) in [5.74, 6) is 0.567. The summed E-state index contributed by atoms with van der Waals surface area (Å²) in [7, 11) is 0. The molecule has 15 heavy (non-hydrogen) atoms. The largest absolute Gasteiger partial charge is 0.388 e. The standard InChI is InChI=1S/C10H12N4O/c1-10(15)2-5-14(7-10)9-8(6-11)12-3-4-13-9/h3-4,15H,2,5,7H2,1H3. The average Bonchev–Trinajstić information content (AvgIpc) is 2.59. The molecule has 78 valence electrons. The van der Waals surface area contributed by atoms with E-state index in [2.05, 4.69) is 9.97 Å². The molecule has 2 heterocycles. The first-order chi connectivity index (χ1) is 7.12. The van der Waals surface area contributed by atoms with Crippen LogP contribution in [0.1, 0.15) is 19.0 Å². The number of anilines is 1. The molecule has 1 atom stereocenters. The summed E-state index contributed by atoms with van der Waals surface area (Å²) >= 11 is 0. The Morgan fingerprint density at radius 3 is 2.87 bits per heavy atom. The summed E-state index contributed by atoms with van der Waals surface area (Å²) in [5.41, 5.74) is -0.375. The van der Waals surface area contributed by atoms with Crippen molar-refractivity contribution in [3.8, 4) is 6.07 Å². The molecule has 1 aliphatic rings. The highest BCUT2D eigenvalue weighted by Gasteiger charge is 2.33. The van der Waals surface area contributed by atoms with Gasteiger partial charge in [0.2, 0.25) is 0 Å². The van der Waals surface area contributed by atoms with Crippen molar-refractivity contribution in [1.82, 2.24) is 9.97 Å². The van der Waals surface area contributed by atoms with Crippen molar-refractivity contribution < 1.29 is 5.11 Å². The lowest BCUT2D eigenvalue weighted by molar-refractivity contribution is 0.0839. The Balaban J connectivity index is 2.28. The summed E-state index contributed by atoms with van der Waals surface area (Å²) in [6.45, 7) is 3.00. The van der Waals surface area contributed by atoms with E-state index in [9.17, 15) is 5.11 Å². The van der Waals surface area contributed by atoms with Gasteiger partial charge in [0.15, 0.2) is 11.5 Å². The van der Waals surface area contributed by atoms with Gasteiger partial charge in [-0.25, -0.2) is 9.97 Å². The van der Waals surface area contributed by atoms with Gasteiger partial charge in [0, 0.05) is 25.5 Å². The highest BCUT2D eigenvalue weighted by atomic mass is 16.3. The molecule has 0 aromatic carbocycles. The average molecular weight is 204 g/mol. The lowest BCUT2D eigenvalue weighted by Crippen LogP contribution is -2.30. The van der Waals surface area contributed by atoms with Gasteiger partial charge in [-0.3, -0.25) is 0 Å². The van der Waals surface area contributed by atoms with E-state index in [4.69, 9.17) is 5.26 Å². The zero-order valence-electron chi connectivity index (χ0n) is 8.51. The SMILES string of the molecule is CC1(O)CCN(c2nccnc2C#N)C1. The van der Waals surface area contributed by atoms with Gasteiger partial charge in [-0.2, -0.15) is 5.26 Å². The van der Waals surface area contributed by atoms with Crippen LogP contribution in [0.25, 0.3) is 0 Å². The van der Waals surface area contributed by atoms with Crippen LogP contribution in [-0.4, -0.2) is 33.8 Å². The number of rotatable bonds is 1. The highest BCUT2D eigenvalue weighted by Crippen LogP contribution is 2.25. The van der Waals surface area contributed by atoms with Crippen molar-refractivity contribution in [2.24, 2.45) is 0 Å². The van der Waals surface area contributed by atoms with E-state index in [0.29, 0.717) is 31.0 Å². The highest BCUT2D eigenvalue weighted by molar-refractivity contribution is 5.50. The molecule has 1 fully saturated rings. The molecular weight excluding hydrogens is 192 g/mol. The Labute approximate surface area is 88.0 Å². The second-order valence-electron chi connectivity index (χ2n) is 4.01. The number of nitrogens with zero attached hydrogens (tertiary/aromatic N) is 4. The second-order valence-corrected chi connectivity index (χ2v) is 4.01. The van der Waals surface area contributed by atoms with E-state index >= 15 is 0 Å². The van der Waals surface area contributed by atoms with Gasteiger partial charge in [0.05, 0.1) is 5.60 Å². The lowest BCUT2D eigenvalue weighted by Gasteiger charge is -2.19. The molecular formula is C10H12N4O. The molecule has 1 aromatic heterocycles. The molecule has 5 nitrogen and oxygen atoms in total. The number of aromatic nitrogens is 2. The van der Waals surface area contributed by atoms with Crippen LogP contribution in [0.15, 0.2) is 12.4 Å². The lowest BCUT2D eigenvalue weighted by atomic mass is 10.1. The second kappa shape index (κ2) is 3.48. The van der Waals surface area contributed by atoms with Gasteiger partial charge < -0.3 is 10.0 Å². The van der Waals surface area contributed by atoms with Crippen LogP contribution in [0, 0.1) is 11.3 Å². The first-order valence-corrected chi connectivity index (χ1v) is 4.81. The Kier molecular flexibility index (Phi) is 2.29. The minimum Gasteiger partial charge on any atom is -0.388 e. The van der Waals surface area contributed by atoms with E-state index in [-0.39, 0.29) is 0 Å². The van der Waals surface area contributed by atoms with Crippen LogP contribution in [0.2, 0.25) is 0 Å². The van der Waals surface area contributed by atoms with E-state index in [1.54, 1.807) is 13.1 Å². The number of hydrogen-bond acceptors (Lipinski definition) is 5. The Bertz CT molecular complexity index is 410. The fraction of sp³-hybridized carbons (Fsp3) is 0.500. The summed E-state index contributed by atoms with van der Waals surface area (Å²) in [5, 5.41) is 18.7. The van der Waals surface area contributed by atoms with Crippen LogP contribution in [0.3, 0.4) is 0 Å². The van der Waals surface area contributed by atoms with Gasteiger partial charge >= 0.3 is 0 Å². The summed E-state index contributed by atoms with van der Waals surface area (Å²) < 4.78 is 0. The summed E-state index contributed by atoms with van der Waals surface area (Å²) in [6, 6.07) is 2.00. The number of aliphatic hydroxyl groups is 1. The maximum atomic E-state index is 9.82. The van der Waals surface area contributed by atoms with E-state index in [0.717, 1.165) is 0 Å². The van der Waals surface area contributed by atoms with Crippen LogP contribution < -0.4 is 4.90 Å². The molecule has 1 saturated heterocycles. The maximum absolute atomic E-state index is 9.82. The fourth-order valence-corrected chi connectivity index (χ4v) is 1.77. The minimum absolute atomic E-state index is 0.315. The molecule has 0 spiro atoms. The van der Waals surface area contributed by atoms with Crippen LogP contribution in [0.4, 0.5) is 5.82 Å². The Morgan fingerprint density at radius 1 is 1.53 bits per heavy atom. The van der Waals surface area contributed by atoms with Gasteiger partial charge in [-0.05, 0) is 13.3 Å². The fourth-order valence-electron chi connectivity index (χ4n) is 1.77. The third-order valence-electron chi connectivity index (χ3n) is 2.54. The van der Waals surface area contributed by atoms with Crippen molar-refractivity contribution in [3.63, 3.8) is 0 Å². The summed E-state index contributed by atoms with van der Waals surface area (Å²) in [4.78, 5) is 9.96. The van der Waals surface area contributed by atoms with Gasteiger partial charge in [0.25, 0.3) is 0 Å². The molecule has 1 unspecified atom stereocenters. The molecule has 0 bridgehead atoms. The molecule has 1 aromatic rings. The number of nitriles is 1. The third-order valence-corrected chi connectivity index (χ3v) is 2.54. The maximum Gasteiger partial charge on any atom is 0.183 e. The molecule has 1 N–H and O–H groups in total. The molecule has 0 amide bonds. The Hall–Kier alpha value is -1.67. The van der Waals surface area contributed by atoms with Gasteiger partial charge in [-0.15, -0.1) is 0 Å². The van der Waals surface area contributed by atoms with E-state index in [1.807, 2.05) is 11.0 Å². The number of hydrogen-bond donors (Lipinski definition) is 1. The van der Waals surface area contributed by atoms with Crippen molar-refractivity contribution in [1.29, 1.82) is 5.26 Å². The van der Waals surface area contributed by atoms with E-state index in [1.165, 1.54) is 6.20 Å². The molecule has 0 aliphatic carbocycles. The molecule has 2 rings (SSSR count). The van der Waals surface area contributed by atoms with Crippen LogP contribution in [-0.2, 0) is 0 Å². The van der Waals surface area contributed by atoms with Crippen LogP contribution in [0.5, 0.6) is 0 Å². The molecule has 1 aliphatic heterocycles. The quantitative estimate of drug-likeness (QED) is 0.712. The van der Waals surface area contributed by atoms with Gasteiger partial charge in [-0.1, -0.05) is 0 Å². The zero-order valence-corrected chi connectivity index (χ0v) is 8.51. The smallest absolute Gasteiger partial charge is 0.183 e. The normalized spacial score (nSPS) is 25.3. The van der Waals surface area contributed by atoms with Crippen molar-refractivity contribution >= 4 is 5.82 Å². The first-order valence-electron chi connectivity index (χ1n) is 4.81. The van der Waals surface area contributed by atoms with Crippen LogP contribution >= 0.6 is 0 Å². The van der Waals surface area contributed by atoms with Crippen molar-refractivity contribution in [2.75, 3.05) is 18.0 Å². The molecule has 0 saturated carbocycles. The summed E-state index contributed by atoms with van der Waals surface area (Å²) in [6.07, 6.45) is 3.74. The third kappa shape index (κ3) is 1.90. The molecule has 5 heteroatoms. The predicted molar refractivity (Wildman–Crippen MR) is 54.2 cm³/mol. The van der Waals surface area contributed by atoms with Crippen molar-refractivity contribution in [3.05, 3.63) is 18.1 Å². The predicted octanol–water partition coefficient (Wildman–Crippen LogP) is 0.309. The van der Waals surface area contributed by atoms with E-state index < -0.39 is 5.60 Å². The monoisotopic (exact) mass is 204 g/mol. The van der Waals surface area contributed by atoms with Crippen molar-refractivity contribution in [2.45, 2.75) is 18.9 Å². The first kappa shape index (κ1) is 9.87. The Morgan fingerprint density at radius 2 is 2.27 bits per heavy atom.